The van der Waals surface area contributed by atoms with Gasteiger partial charge in [-0.05, 0) is 19.6 Å². The van der Waals surface area contributed by atoms with E-state index in [1.807, 2.05) is 19.6 Å². The zero-order valence-corrected chi connectivity index (χ0v) is 7.32. The van der Waals surface area contributed by atoms with Crippen LogP contribution in [-0.2, 0) is 9.22 Å². The molecule has 0 rings (SSSR count). The summed E-state index contributed by atoms with van der Waals surface area (Å²) < 4.78 is 19.0. The highest BCUT2D eigenvalue weighted by Gasteiger charge is 2.18. The van der Waals surface area contributed by atoms with Gasteiger partial charge < -0.3 is 4.43 Å². The Labute approximate surface area is 60.2 Å². The first kappa shape index (κ1) is 5.47. The quantitative estimate of drug-likeness (QED) is 0.558. The maximum Gasteiger partial charge on any atom is 0.292 e. The second-order valence-corrected chi connectivity index (χ2v) is 7.18. The number of hydrogen-bond acceptors (Lipinski definition) is 2. The average molecular weight is 148 g/mol. The minimum absolute atomic E-state index is 0.753. The van der Waals surface area contributed by atoms with E-state index in [0.717, 1.165) is 0 Å². The van der Waals surface area contributed by atoms with Crippen LogP contribution in [-0.4, -0.2) is 14.3 Å². The van der Waals surface area contributed by atoms with Crippen molar-refractivity contribution in [1.29, 1.82) is 0 Å². The Morgan fingerprint density at radius 2 is 2.11 bits per heavy atom. The third-order valence-corrected chi connectivity index (χ3v) is 1.40. The normalized spacial score (nSPS) is 16.0. The highest BCUT2D eigenvalue weighted by molar-refractivity contribution is 6.71. The van der Waals surface area contributed by atoms with Crippen LogP contribution in [0.15, 0.2) is 0 Å². The van der Waals surface area contributed by atoms with Gasteiger partial charge in [-0.1, -0.05) is 6.92 Å². The van der Waals surface area contributed by atoms with E-state index >= 15 is 0 Å². The van der Waals surface area contributed by atoms with Crippen molar-refractivity contribution < 1.29 is 12.0 Å². The van der Waals surface area contributed by atoms with E-state index in [0.29, 0.717) is 0 Å². The van der Waals surface area contributed by atoms with Gasteiger partial charge in [0, 0.05) is 9.11 Å². The molecule has 0 atom stereocenters. The molecule has 0 saturated heterocycles. The van der Waals surface area contributed by atoms with Gasteiger partial charge in [0.25, 0.3) is 5.97 Å². The molecule has 0 amide bonds. The standard InChI is InChI=1S/C6H14O2Si/c1-5-6(7)8-9(2,3)4/h5H2,1-4H3/i5D2. The zero-order chi connectivity index (χ0) is 9.28. The lowest BCUT2D eigenvalue weighted by atomic mass is 10.5. The number of rotatable bonds is 2. The monoisotopic (exact) mass is 148 g/mol. The van der Waals surface area contributed by atoms with E-state index in [4.69, 9.17) is 7.17 Å². The zero-order valence-electron chi connectivity index (χ0n) is 8.32. The summed E-state index contributed by atoms with van der Waals surface area (Å²) in [6, 6.07) is 0. The Balaban J connectivity index is 4.11. The summed E-state index contributed by atoms with van der Waals surface area (Å²) in [7, 11) is -1.92. The summed E-state index contributed by atoms with van der Waals surface area (Å²) in [6.07, 6.45) is -1.86. The summed E-state index contributed by atoms with van der Waals surface area (Å²) in [5, 5.41) is 0. The van der Waals surface area contributed by atoms with Crippen molar-refractivity contribution in [3.8, 4) is 0 Å². The van der Waals surface area contributed by atoms with Crippen molar-refractivity contribution in [2.45, 2.75) is 32.9 Å². The Hall–Kier alpha value is -0.313. The Kier molecular flexibility index (Phi) is 1.83. The molecule has 0 aliphatic carbocycles. The van der Waals surface area contributed by atoms with Crippen molar-refractivity contribution in [3.05, 3.63) is 0 Å². The van der Waals surface area contributed by atoms with Gasteiger partial charge in [0.2, 0.25) is 8.32 Å². The minimum Gasteiger partial charge on any atom is -0.520 e. The number of hydrogen-bond donors (Lipinski definition) is 0. The molecule has 0 aromatic carbocycles. The van der Waals surface area contributed by atoms with Gasteiger partial charge in [-0.2, -0.15) is 0 Å². The molecule has 2 nitrogen and oxygen atoms in total. The lowest BCUT2D eigenvalue weighted by Crippen LogP contribution is -2.28. The molecule has 0 saturated carbocycles. The van der Waals surface area contributed by atoms with Gasteiger partial charge in [0.1, 0.15) is 0 Å². The highest BCUT2D eigenvalue weighted by Crippen LogP contribution is 2.03. The van der Waals surface area contributed by atoms with E-state index in [9.17, 15) is 4.79 Å². The molecule has 0 unspecified atom stereocenters. The summed E-state index contributed by atoms with van der Waals surface area (Å²) >= 11 is 0. The SMILES string of the molecule is [2H]C([2H])(C)C(=O)O[Si](C)(C)C. The molecule has 0 spiro atoms. The molecule has 0 radical (unpaired) electrons. The van der Waals surface area contributed by atoms with Gasteiger partial charge in [0.15, 0.2) is 0 Å². The van der Waals surface area contributed by atoms with Crippen LogP contribution >= 0.6 is 0 Å². The second-order valence-electron chi connectivity index (χ2n) is 2.75. The van der Waals surface area contributed by atoms with Crippen LogP contribution in [0.2, 0.25) is 19.6 Å². The first-order valence-electron chi connectivity index (χ1n) is 3.86. The second kappa shape index (κ2) is 3.01. The van der Waals surface area contributed by atoms with Crippen LogP contribution < -0.4 is 0 Å². The lowest BCUT2D eigenvalue weighted by Gasteiger charge is -2.15. The van der Waals surface area contributed by atoms with Gasteiger partial charge in [-0.15, -0.1) is 0 Å². The summed E-state index contributed by atoms with van der Waals surface area (Å²) in [4.78, 5) is 10.9. The largest absolute Gasteiger partial charge is 0.520 e. The molecule has 0 heterocycles. The van der Waals surface area contributed by atoms with Crippen LogP contribution in [0.3, 0.4) is 0 Å². The Bertz CT molecular complexity index is 157. The van der Waals surface area contributed by atoms with Crippen molar-refractivity contribution >= 4 is 14.3 Å². The van der Waals surface area contributed by atoms with Crippen molar-refractivity contribution in [3.63, 3.8) is 0 Å². The average Bonchev–Trinajstić information content (AvgIpc) is 1.56. The topological polar surface area (TPSA) is 26.3 Å². The maximum atomic E-state index is 10.9. The smallest absolute Gasteiger partial charge is 0.292 e. The molecule has 54 valence electrons. The molecule has 0 aromatic heterocycles. The predicted octanol–water partition coefficient (Wildman–Crippen LogP) is 1.77. The van der Waals surface area contributed by atoms with E-state index in [2.05, 4.69) is 0 Å². The van der Waals surface area contributed by atoms with Crippen LogP contribution in [0.5, 0.6) is 0 Å². The first-order chi connectivity index (χ1) is 4.63. The van der Waals surface area contributed by atoms with Gasteiger partial charge in [-0.25, -0.2) is 0 Å². The van der Waals surface area contributed by atoms with Crippen molar-refractivity contribution in [2.24, 2.45) is 0 Å². The molecule has 0 aromatic rings. The van der Waals surface area contributed by atoms with E-state index < -0.39 is 20.7 Å². The summed E-state index contributed by atoms with van der Waals surface area (Å²) in [5.74, 6) is -0.753. The first-order valence-corrected chi connectivity index (χ1v) is 6.27. The Morgan fingerprint density at radius 3 is 2.22 bits per heavy atom. The van der Waals surface area contributed by atoms with Gasteiger partial charge in [0.05, 0.1) is 0 Å². The summed E-state index contributed by atoms with van der Waals surface area (Å²) in [5.41, 5.74) is 0. The fraction of sp³-hybridized carbons (Fsp3) is 0.833. The Morgan fingerprint density at radius 1 is 1.67 bits per heavy atom. The van der Waals surface area contributed by atoms with Gasteiger partial charge >= 0.3 is 0 Å². The molecule has 0 N–H and O–H groups in total. The van der Waals surface area contributed by atoms with E-state index in [1.54, 1.807) is 0 Å². The van der Waals surface area contributed by atoms with Crippen LogP contribution in [0.25, 0.3) is 0 Å². The fourth-order valence-corrected chi connectivity index (χ4v) is 0.987. The fourth-order valence-electron chi connectivity index (χ4n) is 0.329. The van der Waals surface area contributed by atoms with Crippen LogP contribution in [0.1, 0.15) is 16.0 Å². The van der Waals surface area contributed by atoms with E-state index in [1.165, 1.54) is 6.92 Å². The number of carbonyl (C=O) groups excluding carboxylic acids is 1. The third kappa shape index (κ3) is 5.56. The van der Waals surface area contributed by atoms with Crippen LogP contribution in [0.4, 0.5) is 0 Å². The molecule has 9 heavy (non-hydrogen) atoms. The molecular formula is C6H14O2Si. The maximum absolute atomic E-state index is 10.9. The minimum atomic E-state index is -1.92. The predicted molar refractivity (Wildman–Crippen MR) is 39.7 cm³/mol. The lowest BCUT2D eigenvalue weighted by molar-refractivity contribution is -0.134. The third-order valence-electron chi connectivity index (χ3n) is 0.603. The highest BCUT2D eigenvalue weighted by atomic mass is 28.4. The molecular weight excluding hydrogens is 132 g/mol. The molecule has 0 aliphatic rings. The molecule has 0 fully saturated rings. The molecule has 0 aliphatic heterocycles. The molecule has 3 heteroatoms. The van der Waals surface area contributed by atoms with Gasteiger partial charge in [-0.3, -0.25) is 4.79 Å². The van der Waals surface area contributed by atoms with Crippen molar-refractivity contribution in [1.82, 2.24) is 0 Å². The van der Waals surface area contributed by atoms with Crippen molar-refractivity contribution in [2.75, 3.05) is 0 Å². The molecule has 0 bridgehead atoms. The summed E-state index contributed by atoms with van der Waals surface area (Å²) in [6.45, 7) is 6.74. The van der Waals surface area contributed by atoms with Crippen LogP contribution in [0, 0.1) is 0 Å². The number of carbonyl (C=O) groups is 1. The van der Waals surface area contributed by atoms with E-state index in [-0.39, 0.29) is 0 Å².